The predicted octanol–water partition coefficient (Wildman–Crippen LogP) is 4.41. The molecule has 0 bridgehead atoms. The van der Waals surface area contributed by atoms with Gasteiger partial charge in [-0.25, -0.2) is 8.78 Å². The number of nitrogens with one attached hydrogen (secondary N) is 2. The van der Waals surface area contributed by atoms with E-state index in [0.717, 1.165) is 17.8 Å². The molecule has 0 radical (unpaired) electrons. The van der Waals surface area contributed by atoms with Gasteiger partial charge in [-0.15, -0.1) is 0 Å². The molecule has 21 heavy (non-hydrogen) atoms. The van der Waals surface area contributed by atoms with Crippen molar-refractivity contribution in [3.05, 3.63) is 65.7 Å². The van der Waals surface area contributed by atoms with Crippen LogP contribution in [0.25, 0.3) is 11.3 Å². The molecule has 0 unspecified atom stereocenters. The lowest BCUT2D eigenvalue weighted by atomic mass is 10.1. The summed E-state index contributed by atoms with van der Waals surface area (Å²) < 4.78 is 26.2. The third-order valence-corrected chi connectivity index (χ3v) is 3.13. The number of anilines is 2. The lowest BCUT2D eigenvalue weighted by Crippen LogP contribution is -1.89. The second kappa shape index (κ2) is 5.36. The summed E-state index contributed by atoms with van der Waals surface area (Å²) in [5.41, 5.74) is 3.23. The fourth-order valence-electron chi connectivity index (χ4n) is 1.98. The zero-order chi connectivity index (χ0) is 14.8. The third-order valence-electron chi connectivity index (χ3n) is 3.13. The quantitative estimate of drug-likeness (QED) is 0.748. The van der Waals surface area contributed by atoms with Crippen molar-refractivity contribution in [2.75, 3.05) is 5.32 Å². The van der Waals surface area contributed by atoms with E-state index < -0.39 is 11.6 Å². The van der Waals surface area contributed by atoms with Crippen molar-refractivity contribution < 1.29 is 8.78 Å². The zero-order valence-corrected chi connectivity index (χ0v) is 11.3. The summed E-state index contributed by atoms with van der Waals surface area (Å²) in [6.45, 7) is 2.01. The molecule has 1 heterocycles. The monoisotopic (exact) mass is 285 g/mol. The number of aryl methyl sites for hydroxylation is 1. The number of aromatic amines is 1. The van der Waals surface area contributed by atoms with Crippen LogP contribution in [0.2, 0.25) is 0 Å². The van der Waals surface area contributed by atoms with Gasteiger partial charge < -0.3 is 5.32 Å². The van der Waals surface area contributed by atoms with Crippen LogP contribution in [0.5, 0.6) is 0 Å². The number of halogens is 2. The van der Waals surface area contributed by atoms with Crippen LogP contribution in [0, 0.1) is 18.6 Å². The minimum Gasteiger partial charge on any atom is -0.339 e. The molecule has 0 aliphatic rings. The summed E-state index contributed by atoms with van der Waals surface area (Å²) in [5, 5.41) is 10.0. The third kappa shape index (κ3) is 2.91. The highest BCUT2D eigenvalue weighted by Gasteiger charge is 2.07. The summed E-state index contributed by atoms with van der Waals surface area (Å²) in [5.74, 6) is -1.13. The number of benzene rings is 2. The van der Waals surface area contributed by atoms with E-state index in [1.165, 1.54) is 11.6 Å². The maximum Gasteiger partial charge on any atom is 0.159 e. The molecule has 1 aromatic heterocycles. The number of hydrogen-bond donors (Lipinski definition) is 2. The molecular formula is C16H13F2N3. The van der Waals surface area contributed by atoms with Crippen molar-refractivity contribution in [2.45, 2.75) is 6.92 Å². The lowest BCUT2D eigenvalue weighted by molar-refractivity contribution is 0.509. The van der Waals surface area contributed by atoms with Crippen molar-refractivity contribution in [3.63, 3.8) is 0 Å². The topological polar surface area (TPSA) is 40.7 Å². The van der Waals surface area contributed by atoms with E-state index >= 15 is 0 Å². The van der Waals surface area contributed by atoms with Gasteiger partial charge in [0.15, 0.2) is 17.5 Å². The molecule has 0 fully saturated rings. The maximum absolute atomic E-state index is 13.2. The molecule has 3 rings (SSSR count). The Bertz CT molecular complexity index is 763. The standard InChI is InChI=1S/C16H13F2N3/c1-10-2-5-12(6-3-10)19-16-9-15(20-21-16)11-4-7-13(17)14(18)8-11/h2-9H,1H3,(H2,19,20,21). The van der Waals surface area contributed by atoms with E-state index in [4.69, 9.17) is 0 Å². The SMILES string of the molecule is Cc1ccc(Nc2cc(-c3ccc(F)c(F)c3)[nH]n2)cc1. The van der Waals surface area contributed by atoms with Gasteiger partial charge in [0.1, 0.15) is 0 Å². The smallest absolute Gasteiger partial charge is 0.159 e. The van der Waals surface area contributed by atoms with Crippen LogP contribution in [0.3, 0.4) is 0 Å². The number of aromatic nitrogens is 2. The average Bonchev–Trinajstić information content (AvgIpc) is 2.93. The molecule has 0 saturated carbocycles. The van der Waals surface area contributed by atoms with Gasteiger partial charge in [0.05, 0.1) is 5.69 Å². The highest BCUT2D eigenvalue weighted by molar-refractivity contribution is 5.66. The number of rotatable bonds is 3. The van der Waals surface area contributed by atoms with E-state index in [-0.39, 0.29) is 0 Å². The first-order chi connectivity index (χ1) is 10.1. The molecule has 3 nitrogen and oxygen atoms in total. The van der Waals surface area contributed by atoms with E-state index in [1.807, 2.05) is 31.2 Å². The van der Waals surface area contributed by atoms with Crippen LogP contribution in [0.4, 0.5) is 20.3 Å². The van der Waals surface area contributed by atoms with Crippen LogP contribution >= 0.6 is 0 Å². The van der Waals surface area contributed by atoms with E-state index in [2.05, 4.69) is 15.5 Å². The van der Waals surface area contributed by atoms with Crippen molar-refractivity contribution in [1.82, 2.24) is 10.2 Å². The highest BCUT2D eigenvalue weighted by Crippen LogP contribution is 2.23. The van der Waals surface area contributed by atoms with E-state index in [0.29, 0.717) is 17.1 Å². The highest BCUT2D eigenvalue weighted by atomic mass is 19.2. The van der Waals surface area contributed by atoms with Gasteiger partial charge >= 0.3 is 0 Å². The van der Waals surface area contributed by atoms with Crippen molar-refractivity contribution in [3.8, 4) is 11.3 Å². The molecular weight excluding hydrogens is 272 g/mol. The largest absolute Gasteiger partial charge is 0.339 e. The number of H-pyrrole nitrogens is 1. The number of nitrogens with zero attached hydrogens (tertiary/aromatic N) is 1. The van der Waals surface area contributed by atoms with Gasteiger partial charge in [0, 0.05) is 17.3 Å². The van der Waals surface area contributed by atoms with Crippen LogP contribution in [-0.4, -0.2) is 10.2 Å². The van der Waals surface area contributed by atoms with Gasteiger partial charge in [-0.1, -0.05) is 17.7 Å². The molecule has 3 aromatic rings. The van der Waals surface area contributed by atoms with Gasteiger partial charge in [0.25, 0.3) is 0 Å². The van der Waals surface area contributed by atoms with E-state index in [1.54, 1.807) is 6.07 Å². The summed E-state index contributed by atoms with van der Waals surface area (Å²) >= 11 is 0. The van der Waals surface area contributed by atoms with Crippen molar-refractivity contribution >= 4 is 11.5 Å². The predicted molar refractivity (Wildman–Crippen MR) is 78.4 cm³/mol. The van der Waals surface area contributed by atoms with Gasteiger partial charge in [0.2, 0.25) is 0 Å². The second-order valence-electron chi connectivity index (χ2n) is 4.79. The Morgan fingerprint density at radius 1 is 0.952 bits per heavy atom. The Labute approximate surface area is 120 Å². The van der Waals surface area contributed by atoms with Gasteiger partial charge in [-0.3, -0.25) is 5.10 Å². The van der Waals surface area contributed by atoms with Crippen LogP contribution in [0.1, 0.15) is 5.56 Å². The second-order valence-corrected chi connectivity index (χ2v) is 4.79. The molecule has 0 amide bonds. The normalized spacial score (nSPS) is 10.6. The molecule has 2 aromatic carbocycles. The summed E-state index contributed by atoms with van der Waals surface area (Å²) in [6, 6.07) is 13.4. The first-order valence-corrected chi connectivity index (χ1v) is 6.46. The maximum atomic E-state index is 13.2. The van der Waals surface area contributed by atoms with Crippen molar-refractivity contribution in [2.24, 2.45) is 0 Å². The van der Waals surface area contributed by atoms with Crippen LogP contribution < -0.4 is 5.32 Å². The molecule has 5 heteroatoms. The fraction of sp³-hybridized carbons (Fsp3) is 0.0625. The summed E-state index contributed by atoms with van der Waals surface area (Å²) in [4.78, 5) is 0. The van der Waals surface area contributed by atoms with Gasteiger partial charge in [-0.2, -0.15) is 5.10 Å². The van der Waals surface area contributed by atoms with Crippen molar-refractivity contribution in [1.29, 1.82) is 0 Å². The summed E-state index contributed by atoms with van der Waals surface area (Å²) in [7, 11) is 0. The Morgan fingerprint density at radius 3 is 2.43 bits per heavy atom. The molecule has 0 aliphatic heterocycles. The molecule has 0 aliphatic carbocycles. The van der Waals surface area contributed by atoms with Gasteiger partial charge in [-0.05, 0) is 37.3 Å². The summed E-state index contributed by atoms with van der Waals surface area (Å²) in [6.07, 6.45) is 0. The fourth-order valence-corrected chi connectivity index (χ4v) is 1.98. The number of hydrogen-bond acceptors (Lipinski definition) is 2. The Hall–Kier alpha value is -2.69. The van der Waals surface area contributed by atoms with Crippen LogP contribution in [-0.2, 0) is 0 Å². The minimum atomic E-state index is -0.879. The Balaban J connectivity index is 1.82. The zero-order valence-electron chi connectivity index (χ0n) is 11.3. The first kappa shape index (κ1) is 13.3. The molecule has 0 saturated heterocycles. The Morgan fingerprint density at radius 2 is 1.71 bits per heavy atom. The molecule has 0 atom stereocenters. The molecule has 0 spiro atoms. The molecule has 2 N–H and O–H groups in total. The van der Waals surface area contributed by atoms with E-state index in [9.17, 15) is 8.78 Å². The van der Waals surface area contributed by atoms with Crippen LogP contribution in [0.15, 0.2) is 48.5 Å². The average molecular weight is 285 g/mol. The lowest BCUT2D eigenvalue weighted by Gasteiger charge is -2.02. The first-order valence-electron chi connectivity index (χ1n) is 6.46. The minimum absolute atomic E-state index is 0.540. The molecule has 106 valence electrons. The Kier molecular flexibility index (Phi) is 3.39.